The third kappa shape index (κ3) is 4.23. The van der Waals surface area contributed by atoms with Crippen LogP contribution in [-0.2, 0) is 6.18 Å². The number of alkyl halides is 3. The zero-order valence-corrected chi connectivity index (χ0v) is 13.9. The van der Waals surface area contributed by atoms with E-state index in [0.29, 0.717) is 16.9 Å². The zero-order valence-electron chi connectivity index (χ0n) is 13.9. The molecule has 142 valence electrons. The Hall–Kier alpha value is -2.98. The Kier molecular flexibility index (Phi) is 5.38. The molecule has 27 heavy (non-hydrogen) atoms. The van der Waals surface area contributed by atoms with Crippen molar-refractivity contribution in [1.29, 1.82) is 0 Å². The average molecular weight is 379 g/mol. The maximum absolute atomic E-state index is 12.7. The number of para-hydroxylation sites is 1. The van der Waals surface area contributed by atoms with Gasteiger partial charge in [-0.25, -0.2) is 0 Å². The molecule has 7 nitrogen and oxygen atoms in total. The standard InChI is InChI=1S/C17H16F3N5O2/c18-17(19,20)11-5-7-12(8-6-11)21-15-4-2-1-3-14(15)16-22-24-25(23-16)13(9-26)10-27/h1-8,13,21,26-27H,9-10H2. The number of hydrogen-bond donors (Lipinski definition) is 3. The number of aromatic nitrogens is 4. The molecule has 10 heteroatoms. The molecule has 0 fully saturated rings. The summed E-state index contributed by atoms with van der Waals surface area (Å²) in [7, 11) is 0. The van der Waals surface area contributed by atoms with E-state index >= 15 is 0 Å². The average Bonchev–Trinajstić information content (AvgIpc) is 3.13. The van der Waals surface area contributed by atoms with Gasteiger partial charge in [-0.15, -0.1) is 10.2 Å². The number of aliphatic hydroxyl groups excluding tert-OH is 2. The van der Waals surface area contributed by atoms with Crippen LogP contribution < -0.4 is 5.32 Å². The van der Waals surface area contributed by atoms with E-state index in [2.05, 4.69) is 20.7 Å². The van der Waals surface area contributed by atoms with E-state index in [-0.39, 0.29) is 19.0 Å². The van der Waals surface area contributed by atoms with Gasteiger partial charge < -0.3 is 15.5 Å². The molecule has 3 aromatic rings. The fraction of sp³-hybridized carbons (Fsp3) is 0.235. The molecule has 0 radical (unpaired) electrons. The molecule has 0 amide bonds. The van der Waals surface area contributed by atoms with Gasteiger partial charge in [0.1, 0.15) is 6.04 Å². The van der Waals surface area contributed by atoms with E-state index in [1.54, 1.807) is 24.3 Å². The van der Waals surface area contributed by atoms with Crippen molar-refractivity contribution in [3.05, 3.63) is 54.1 Å². The minimum Gasteiger partial charge on any atom is -0.394 e. The molecule has 2 aromatic carbocycles. The fourth-order valence-electron chi connectivity index (χ4n) is 2.38. The summed E-state index contributed by atoms with van der Waals surface area (Å²) < 4.78 is 38.0. The van der Waals surface area contributed by atoms with Crippen molar-refractivity contribution in [2.24, 2.45) is 0 Å². The number of nitrogens with one attached hydrogen (secondary N) is 1. The van der Waals surface area contributed by atoms with E-state index in [9.17, 15) is 23.4 Å². The first-order valence-corrected chi connectivity index (χ1v) is 7.97. The monoisotopic (exact) mass is 379 g/mol. The number of aliphatic hydroxyl groups is 2. The van der Waals surface area contributed by atoms with Crippen LogP contribution in [0, 0.1) is 0 Å². The van der Waals surface area contributed by atoms with Gasteiger partial charge in [0.05, 0.1) is 18.8 Å². The fourth-order valence-corrected chi connectivity index (χ4v) is 2.38. The summed E-state index contributed by atoms with van der Waals surface area (Å²) in [6.45, 7) is -0.699. The van der Waals surface area contributed by atoms with Crippen LogP contribution >= 0.6 is 0 Å². The number of nitrogens with zero attached hydrogens (tertiary/aromatic N) is 4. The summed E-state index contributed by atoms with van der Waals surface area (Å²) in [5, 5.41) is 33.4. The molecule has 0 unspecified atom stereocenters. The summed E-state index contributed by atoms with van der Waals surface area (Å²) in [5.74, 6) is 0.247. The normalized spacial score (nSPS) is 11.8. The van der Waals surface area contributed by atoms with Crippen molar-refractivity contribution in [3.63, 3.8) is 0 Å². The molecule has 0 saturated heterocycles. The molecule has 0 aliphatic carbocycles. The molecule has 0 atom stereocenters. The Balaban J connectivity index is 1.86. The maximum atomic E-state index is 12.7. The second kappa shape index (κ2) is 7.72. The summed E-state index contributed by atoms with van der Waals surface area (Å²) in [5.41, 5.74) is 0.871. The van der Waals surface area contributed by atoms with Crippen LogP contribution in [0.2, 0.25) is 0 Å². The molecular weight excluding hydrogens is 363 g/mol. The number of rotatable bonds is 6. The Bertz CT molecular complexity index is 892. The molecular formula is C17H16F3N5O2. The first kappa shape index (κ1) is 18.8. The predicted molar refractivity (Wildman–Crippen MR) is 91.2 cm³/mol. The molecule has 0 aliphatic heterocycles. The molecule has 3 rings (SSSR count). The largest absolute Gasteiger partial charge is 0.416 e. The second-order valence-electron chi connectivity index (χ2n) is 5.70. The number of anilines is 2. The van der Waals surface area contributed by atoms with Gasteiger partial charge in [0, 0.05) is 16.9 Å². The Labute approximate surface area is 152 Å². The third-order valence-corrected chi connectivity index (χ3v) is 3.84. The highest BCUT2D eigenvalue weighted by Crippen LogP contribution is 2.32. The van der Waals surface area contributed by atoms with Gasteiger partial charge in [-0.3, -0.25) is 0 Å². The van der Waals surface area contributed by atoms with Gasteiger partial charge in [0.25, 0.3) is 0 Å². The smallest absolute Gasteiger partial charge is 0.394 e. The quantitative estimate of drug-likeness (QED) is 0.609. The van der Waals surface area contributed by atoms with E-state index in [1.165, 1.54) is 12.1 Å². The lowest BCUT2D eigenvalue weighted by Gasteiger charge is -2.12. The van der Waals surface area contributed by atoms with Gasteiger partial charge in [-0.2, -0.15) is 18.0 Å². The third-order valence-electron chi connectivity index (χ3n) is 3.84. The topological polar surface area (TPSA) is 96.1 Å². The minimum atomic E-state index is -4.39. The number of hydrogen-bond acceptors (Lipinski definition) is 6. The summed E-state index contributed by atoms with van der Waals surface area (Å²) in [6.07, 6.45) is -4.39. The van der Waals surface area contributed by atoms with Crippen LogP contribution in [0.4, 0.5) is 24.5 Å². The Morgan fingerprint density at radius 3 is 2.30 bits per heavy atom. The van der Waals surface area contributed by atoms with E-state index < -0.39 is 17.8 Å². The van der Waals surface area contributed by atoms with Crippen molar-refractivity contribution in [2.75, 3.05) is 18.5 Å². The van der Waals surface area contributed by atoms with Crippen LogP contribution in [0.5, 0.6) is 0 Å². The lowest BCUT2D eigenvalue weighted by atomic mass is 10.1. The van der Waals surface area contributed by atoms with Crippen LogP contribution in [-0.4, -0.2) is 43.6 Å². The minimum absolute atomic E-state index is 0.247. The first-order valence-electron chi connectivity index (χ1n) is 7.97. The second-order valence-corrected chi connectivity index (χ2v) is 5.70. The molecule has 3 N–H and O–H groups in total. The predicted octanol–water partition coefficient (Wildman–Crippen LogP) is 2.63. The van der Waals surface area contributed by atoms with Crippen molar-refractivity contribution in [3.8, 4) is 11.4 Å². The SMILES string of the molecule is OCC(CO)n1nnc(-c2ccccc2Nc2ccc(C(F)(F)F)cc2)n1. The molecule has 1 heterocycles. The van der Waals surface area contributed by atoms with Gasteiger partial charge in [-0.05, 0) is 41.6 Å². The highest BCUT2D eigenvalue weighted by atomic mass is 19.4. The van der Waals surface area contributed by atoms with E-state index in [4.69, 9.17) is 0 Å². The number of tetrazole rings is 1. The molecule has 1 aromatic heterocycles. The Morgan fingerprint density at radius 1 is 1.00 bits per heavy atom. The highest BCUT2D eigenvalue weighted by molar-refractivity contribution is 5.77. The van der Waals surface area contributed by atoms with Gasteiger partial charge in [0.2, 0.25) is 5.82 Å². The van der Waals surface area contributed by atoms with Crippen LogP contribution in [0.15, 0.2) is 48.5 Å². The molecule has 0 aliphatic rings. The van der Waals surface area contributed by atoms with Gasteiger partial charge in [0.15, 0.2) is 0 Å². The summed E-state index contributed by atoms with van der Waals surface area (Å²) in [6, 6.07) is 10.9. The number of benzene rings is 2. The zero-order chi connectivity index (χ0) is 19.4. The summed E-state index contributed by atoms with van der Waals surface area (Å²) in [4.78, 5) is 1.12. The molecule has 0 spiro atoms. The number of halogens is 3. The molecule has 0 saturated carbocycles. The van der Waals surface area contributed by atoms with E-state index in [0.717, 1.165) is 16.9 Å². The lowest BCUT2D eigenvalue weighted by molar-refractivity contribution is -0.137. The Morgan fingerprint density at radius 2 is 1.67 bits per heavy atom. The van der Waals surface area contributed by atoms with Crippen molar-refractivity contribution in [2.45, 2.75) is 12.2 Å². The molecule has 0 bridgehead atoms. The van der Waals surface area contributed by atoms with Crippen molar-refractivity contribution < 1.29 is 23.4 Å². The van der Waals surface area contributed by atoms with Crippen LogP contribution in [0.25, 0.3) is 11.4 Å². The highest BCUT2D eigenvalue weighted by Gasteiger charge is 2.30. The van der Waals surface area contributed by atoms with E-state index in [1.807, 2.05) is 0 Å². The first-order chi connectivity index (χ1) is 12.9. The van der Waals surface area contributed by atoms with Crippen molar-refractivity contribution in [1.82, 2.24) is 20.2 Å². The maximum Gasteiger partial charge on any atom is 0.416 e. The van der Waals surface area contributed by atoms with Crippen LogP contribution in [0.1, 0.15) is 11.6 Å². The van der Waals surface area contributed by atoms with Gasteiger partial charge in [-0.1, -0.05) is 12.1 Å². The van der Waals surface area contributed by atoms with Gasteiger partial charge >= 0.3 is 6.18 Å². The van der Waals surface area contributed by atoms with Crippen LogP contribution in [0.3, 0.4) is 0 Å². The summed E-state index contributed by atoms with van der Waals surface area (Å²) >= 11 is 0. The van der Waals surface area contributed by atoms with Crippen molar-refractivity contribution >= 4 is 11.4 Å². The lowest BCUT2D eigenvalue weighted by Crippen LogP contribution is -2.19.